The van der Waals surface area contributed by atoms with Crippen molar-refractivity contribution in [3.63, 3.8) is 0 Å². The van der Waals surface area contributed by atoms with E-state index in [0.717, 1.165) is 10.9 Å². The summed E-state index contributed by atoms with van der Waals surface area (Å²) >= 11 is 3.90. The molecule has 12 N–H and O–H groups in total. The molecule has 0 bridgehead atoms. The van der Waals surface area contributed by atoms with Gasteiger partial charge in [0.15, 0.2) is 5.96 Å². The monoisotopic (exact) mass is 564 g/mol. The van der Waals surface area contributed by atoms with E-state index in [9.17, 15) is 29.4 Å². The molecule has 0 radical (unpaired) electrons. The van der Waals surface area contributed by atoms with E-state index in [0.29, 0.717) is 12.0 Å². The zero-order valence-corrected chi connectivity index (χ0v) is 22.4. The number of carbonyl (C=O) groups excluding carboxylic acids is 3. The van der Waals surface area contributed by atoms with E-state index in [1.807, 2.05) is 24.3 Å². The number of aliphatic hydroxyl groups excluding tert-OH is 1. The number of aromatic amines is 1. The van der Waals surface area contributed by atoms with Gasteiger partial charge in [0.1, 0.15) is 18.1 Å². The number of carboxylic acids is 1. The van der Waals surface area contributed by atoms with Crippen molar-refractivity contribution >= 4 is 53.2 Å². The Balaban J connectivity index is 2.23. The van der Waals surface area contributed by atoms with Crippen molar-refractivity contribution in [3.05, 3.63) is 36.0 Å². The van der Waals surface area contributed by atoms with Crippen LogP contribution < -0.4 is 33.2 Å². The first-order valence-electron chi connectivity index (χ1n) is 12.2. The lowest BCUT2D eigenvalue weighted by atomic mass is 10.0. The SMILES string of the molecule is CC(O)C(NC(=O)C(Cc1c[nH]c2ccccc12)NC(=O)C(N)CCCN=C(N)N)C(=O)NC(CS)C(=O)O. The van der Waals surface area contributed by atoms with Crippen LogP contribution >= 0.6 is 12.6 Å². The molecule has 39 heavy (non-hydrogen) atoms. The number of aromatic nitrogens is 1. The van der Waals surface area contributed by atoms with Gasteiger partial charge in [-0.15, -0.1) is 0 Å². The second-order valence-corrected chi connectivity index (χ2v) is 9.35. The van der Waals surface area contributed by atoms with E-state index >= 15 is 0 Å². The summed E-state index contributed by atoms with van der Waals surface area (Å²) in [6.45, 7) is 1.54. The minimum absolute atomic E-state index is 0.0326. The minimum atomic E-state index is -1.50. The molecular weight excluding hydrogens is 528 g/mol. The molecule has 0 fully saturated rings. The Morgan fingerprint density at radius 2 is 1.72 bits per heavy atom. The summed E-state index contributed by atoms with van der Waals surface area (Å²) in [5.41, 5.74) is 18.1. The van der Waals surface area contributed by atoms with Crippen molar-refractivity contribution < 1.29 is 29.4 Å². The topological polar surface area (TPSA) is 251 Å². The number of nitrogens with two attached hydrogens (primary N) is 3. The van der Waals surface area contributed by atoms with Gasteiger partial charge in [0.2, 0.25) is 17.7 Å². The Morgan fingerprint density at radius 3 is 2.33 bits per heavy atom. The molecule has 1 heterocycles. The smallest absolute Gasteiger partial charge is 0.327 e. The van der Waals surface area contributed by atoms with E-state index in [-0.39, 0.29) is 31.1 Å². The van der Waals surface area contributed by atoms with E-state index in [4.69, 9.17) is 17.2 Å². The van der Waals surface area contributed by atoms with Crippen LogP contribution in [-0.2, 0) is 25.6 Å². The number of aliphatic hydroxyl groups is 1. The molecule has 1 aromatic carbocycles. The first-order chi connectivity index (χ1) is 18.4. The van der Waals surface area contributed by atoms with Crippen LogP contribution in [0.15, 0.2) is 35.5 Å². The largest absolute Gasteiger partial charge is 0.480 e. The van der Waals surface area contributed by atoms with Gasteiger partial charge in [-0.3, -0.25) is 19.4 Å². The molecule has 0 spiro atoms. The van der Waals surface area contributed by atoms with Gasteiger partial charge in [0.25, 0.3) is 0 Å². The highest BCUT2D eigenvalue weighted by molar-refractivity contribution is 7.80. The van der Waals surface area contributed by atoms with E-state index < -0.39 is 54.0 Å². The third-order valence-electron chi connectivity index (χ3n) is 5.90. The first-order valence-corrected chi connectivity index (χ1v) is 12.9. The van der Waals surface area contributed by atoms with Crippen molar-refractivity contribution in [2.75, 3.05) is 12.3 Å². The normalized spacial score (nSPS) is 14.9. The van der Waals surface area contributed by atoms with Gasteiger partial charge in [-0.1, -0.05) is 18.2 Å². The number of carbonyl (C=O) groups is 4. The molecule has 0 aliphatic rings. The lowest BCUT2D eigenvalue weighted by Gasteiger charge is -2.26. The molecule has 5 unspecified atom stereocenters. The van der Waals surface area contributed by atoms with E-state index in [2.05, 4.69) is 38.6 Å². The van der Waals surface area contributed by atoms with Crippen LogP contribution in [0.5, 0.6) is 0 Å². The molecule has 214 valence electrons. The zero-order valence-electron chi connectivity index (χ0n) is 21.5. The fraction of sp³-hybridized carbons (Fsp3) is 0.458. The maximum absolute atomic E-state index is 13.4. The highest BCUT2D eigenvalue weighted by atomic mass is 32.1. The number of hydrogen-bond acceptors (Lipinski definition) is 8. The number of para-hydroxylation sites is 1. The number of amides is 3. The van der Waals surface area contributed by atoms with Crippen molar-refractivity contribution in [2.45, 2.75) is 56.5 Å². The molecule has 1 aromatic heterocycles. The summed E-state index contributed by atoms with van der Waals surface area (Å²) < 4.78 is 0. The highest BCUT2D eigenvalue weighted by Crippen LogP contribution is 2.19. The summed E-state index contributed by atoms with van der Waals surface area (Å²) in [4.78, 5) is 57.2. The molecule has 14 nitrogen and oxygen atoms in total. The van der Waals surface area contributed by atoms with Gasteiger partial charge >= 0.3 is 5.97 Å². The third kappa shape index (κ3) is 9.46. The number of guanidine groups is 1. The second-order valence-electron chi connectivity index (χ2n) is 8.99. The van der Waals surface area contributed by atoms with Crippen LogP contribution in [0.1, 0.15) is 25.3 Å². The highest BCUT2D eigenvalue weighted by Gasteiger charge is 2.32. The number of fused-ring (bicyclic) bond motifs is 1. The van der Waals surface area contributed by atoms with Crippen LogP contribution in [0.25, 0.3) is 10.9 Å². The number of H-pyrrole nitrogens is 1. The third-order valence-corrected chi connectivity index (χ3v) is 6.26. The Hall–Kier alpha value is -3.82. The Kier molecular flexibility index (Phi) is 12.0. The fourth-order valence-corrected chi connectivity index (χ4v) is 4.01. The number of benzene rings is 1. The quantitative estimate of drug-likeness (QED) is 0.0493. The van der Waals surface area contributed by atoms with Gasteiger partial charge in [0.05, 0.1) is 12.1 Å². The molecule has 15 heteroatoms. The lowest BCUT2D eigenvalue weighted by Crippen LogP contribution is -2.60. The molecule has 0 aliphatic heterocycles. The van der Waals surface area contributed by atoms with Crippen LogP contribution in [0.3, 0.4) is 0 Å². The summed E-state index contributed by atoms with van der Waals surface area (Å²) in [5.74, 6) is -3.93. The summed E-state index contributed by atoms with van der Waals surface area (Å²) in [7, 11) is 0. The second kappa shape index (κ2) is 14.9. The summed E-state index contributed by atoms with van der Waals surface area (Å²) in [5, 5.41) is 27.5. The number of nitrogens with zero attached hydrogens (tertiary/aromatic N) is 1. The number of carboxylic acid groups (broad SMARTS) is 1. The van der Waals surface area contributed by atoms with Crippen molar-refractivity contribution in [2.24, 2.45) is 22.2 Å². The molecule has 5 atom stereocenters. The molecule has 0 saturated heterocycles. The zero-order chi connectivity index (χ0) is 29.1. The van der Waals surface area contributed by atoms with Crippen LogP contribution in [0, 0.1) is 0 Å². The first kappa shape index (κ1) is 31.4. The average Bonchev–Trinajstić information content (AvgIpc) is 3.29. The van der Waals surface area contributed by atoms with Crippen LogP contribution in [0.4, 0.5) is 0 Å². The van der Waals surface area contributed by atoms with E-state index in [1.165, 1.54) is 6.92 Å². The minimum Gasteiger partial charge on any atom is -0.480 e. The molecule has 0 saturated carbocycles. The summed E-state index contributed by atoms with van der Waals surface area (Å²) in [6, 6.07) is 2.38. The molecule has 2 rings (SSSR count). The van der Waals surface area contributed by atoms with Crippen molar-refractivity contribution in [1.82, 2.24) is 20.9 Å². The number of rotatable bonds is 15. The van der Waals surface area contributed by atoms with Gasteiger partial charge < -0.3 is 48.3 Å². The number of thiol groups is 1. The van der Waals surface area contributed by atoms with Gasteiger partial charge in [-0.05, 0) is 31.4 Å². The summed E-state index contributed by atoms with van der Waals surface area (Å²) in [6.07, 6.45) is 1.01. The number of aliphatic carboxylic acids is 1. The standard InChI is InChI=1S/C24H36N8O6S/c1-12(33)19(22(36)31-18(11-39)23(37)38)32-21(35)17(9-13-10-29-16-7-3-2-5-14(13)16)30-20(34)15(25)6-4-8-28-24(26)27/h2-3,5,7,10,12,15,17-19,29,33,39H,4,6,8-9,11,25H2,1H3,(H,30,34)(H,31,36)(H,32,35)(H,37,38)(H4,26,27,28). The van der Waals surface area contributed by atoms with Gasteiger partial charge in [0, 0.05) is 35.8 Å². The predicted molar refractivity (Wildman–Crippen MR) is 149 cm³/mol. The molecule has 3 amide bonds. The Morgan fingerprint density at radius 1 is 1.05 bits per heavy atom. The Bertz CT molecular complexity index is 1180. The van der Waals surface area contributed by atoms with Crippen LogP contribution in [-0.4, -0.2) is 87.4 Å². The number of aliphatic imine (C=N–C) groups is 1. The van der Waals surface area contributed by atoms with Crippen molar-refractivity contribution in [3.8, 4) is 0 Å². The molecule has 0 aliphatic carbocycles. The molecular formula is C24H36N8O6S. The lowest BCUT2D eigenvalue weighted by molar-refractivity contribution is -0.142. The maximum Gasteiger partial charge on any atom is 0.327 e. The fourth-order valence-electron chi connectivity index (χ4n) is 3.76. The average molecular weight is 565 g/mol. The van der Waals surface area contributed by atoms with Crippen LogP contribution in [0.2, 0.25) is 0 Å². The van der Waals surface area contributed by atoms with Gasteiger partial charge in [-0.25, -0.2) is 4.79 Å². The maximum atomic E-state index is 13.4. The Labute approximate surface area is 230 Å². The van der Waals surface area contributed by atoms with Crippen molar-refractivity contribution in [1.29, 1.82) is 0 Å². The van der Waals surface area contributed by atoms with Gasteiger partial charge in [-0.2, -0.15) is 12.6 Å². The number of hydrogen-bond donors (Lipinski definition) is 10. The predicted octanol–water partition coefficient (Wildman–Crippen LogP) is -2.06. The number of nitrogens with one attached hydrogen (secondary N) is 4. The molecule has 2 aromatic rings. The van der Waals surface area contributed by atoms with E-state index in [1.54, 1.807) is 6.20 Å².